The first-order chi connectivity index (χ1) is 13.8. The Morgan fingerprint density at radius 3 is 2.55 bits per heavy atom. The van der Waals surface area contributed by atoms with E-state index in [1.165, 1.54) is 47.6 Å². The maximum absolute atomic E-state index is 14.6. The van der Waals surface area contributed by atoms with Crippen LogP contribution in [0.2, 0.25) is 0 Å². The average molecular weight is 418 g/mol. The molecule has 0 amide bonds. The molecular formula is C20H20F2N4O2S. The van der Waals surface area contributed by atoms with Crippen LogP contribution < -0.4 is 0 Å². The number of halogens is 2. The minimum atomic E-state index is -1.76. The number of hydrogen-bond donors (Lipinski definition) is 1. The first kappa shape index (κ1) is 21.1. The summed E-state index contributed by atoms with van der Waals surface area (Å²) in [5, 5.41) is 14.3. The number of carbonyl (C=O) groups is 1. The fourth-order valence-electron chi connectivity index (χ4n) is 3.07. The fraction of sp³-hybridized carbons (Fsp3) is 0.300. The molecule has 0 aliphatic rings. The molecule has 9 heteroatoms. The third kappa shape index (κ3) is 4.68. The number of nitrogens with zero attached hydrogens (tertiary/aromatic N) is 4. The number of Topliss-reactive ketones (excluding diaryl/α,β-unsaturated/α-hetero) is 1. The van der Waals surface area contributed by atoms with Crippen molar-refractivity contribution in [3.05, 3.63) is 78.1 Å². The Kier molecular flexibility index (Phi) is 6.39. The van der Waals surface area contributed by atoms with Crippen LogP contribution in [0.3, 0.4) is 0 Å². The van der Waals surface area contributed by atoms with E-state index in [0.717, 1.165) is 12.1 Å². The molecule has 0 saturated carbocycles. The second-order valence-corrected chi connectivity index (χ2v) is 8.35. The van der Waals surface area contributed by atoms with Gasteiger partial charge in [0.05, 0.1) is 11.8 Å². The third-order valence-corrected chi connectivity index (χ3v) is 6.10. The lowest BCUT2D eigenvalue weighted by molar-refractivity contribution is 0.0132. The Morgan fingerprint density at radius 1 is 1.21 bits per heavy atom. The molecule has 3 unspecified atom stereocenters. The molecule has 2 aromatic heterocycles. The SMILES string of the molecule is CC(SC(C)C(O)(Cn1cncn1)c1ccc(F)cc1F)C(=O)c1ccncc1. The third-order valence-electron chi connectivity index (χ3n) is 4.68. The summed E-state index contributed by atoms with van der Waals surface area (Å²) < 4.78 is 29.4. The minimum Gasteiger partial charge on any atom is -0.382 e. The molecule has 29 heavy (non-hydrogen) atoms. The molecule has 0 bridgehead atoms. The van der Waals surface area contributed by atoms with E-state index in [9.17, 15) is 18.7 Å². The molecule has 0 saturated heterocycles. The Bertz CT molecular complexity index is 972. The van der Waals surface area contributed by atoms with Crippen LogP contribution in [0.15, 0.2) is 55.4 Å². The van der Waals surface area contributed by atoms with Gasteiger partial charge in [0.25, 0.3) is 0 Å². The van der Waals surface area contributed by atoms with Crippen LogP contribution in [0.1, 0.15) is 29.8 Å². The van der Waals surface area contributed by atoms with Crippen LogP contribution in [0, 0.1) is 11.6 Å². The standard InChI is InChI=1S/C20H20F2N4O2S/c1-13(19(27)15-5-7-23-8-6-15)29-14(2)20(28,10-26-12-24-11-25-26)17-4-3-16(21)9-18(17)22/h3-9,11-14,28H,10H2,1-2H3. The number of hydrogen-bond acceptors (Lipinski definition) is 6. The molecule has 2 heterocycles. The number of carbonyl (C=O) groups excluding carboxylic acids is 1. The van der Waals surface area contributed by atoms with Gasteiger partial charge in [0.2, 0.25) is 0 Å². The highest BCUT2D eigenvalue weighted by Crippen LogP contribution is 2.38. The van der Waals surface area contributed by atoms with Gasteiger partial charge in [0, 0.05) is 34.8 Å². The van der Waals surface area contributed by atoms with Crippen molar-refractivity contribution in [3.8, 4) is 0 Å². The van der Waals surface area contributed by atoms with Gasteiger partial charge in [-0.25, -0.2) is 18.4 Å². The zero-order valence-corrected chi connectivity index (χ0v) is 16.7. The van der Waals surface area contributed by atoms with Crippen molar-refractivity contribution in [2.75, 3.05) is 0 Å². The Hall–Kier alpha value is -2.65. The highest BCUT2D eigenvalue weighted by molar-refractivity contribution is 8.01. The van der Waals surface area contributed by atoms with Gasteiger partial charge in [-0.15, -0.1) is 11.8 Å². The topological polar surface area (TPSA) is 80.9 Å². The number of benzene rings is 1. The summed E-state index contributed by atoms with van der Waals surface area (Å²) in [7, 11) is 0. The zero-order valence-electron chi connectivity index (χ0n) is 15.9. The molecule has 0 radical (unpaired) electrons. The van der Waals surface area contributed by atoms with Crippen molar-refractivity contribution in [2.24, 2.45) is 0 Å². The molecule has 3 rings (SSSR count). The van der Waals surface area contributed by atoms with E-state index in [2.05, 4.69) is 15.1 Å². The smallest absolute Gasteiger partial charge is 0.175 e. The normalized spacial score (nSPS) is 15.5. The number of rotatable bonds is 8. The molecule has 6 nitrogen and oxygen atoms in total. The lowest BCUT2D eigenvalue weighted by Crippen LogP contribution is -2.42. The van der Waals surface area contributed by atoms with Crippen LogP contribution in [0.4, 0.5) is 8.78 Å². The average Bonchev–Trinajstić information content (AvgIpc) is 3.20. The van der Waals surface area contributed by atoms with E-state index >= 15 is 0 Å². The largest absolute Gasteiger partial charge is 0.382 e. The van der Waals surface area contributed by atoms with Gasteiger partial charge < -0.3 is 5.11 Å². The maximum atomic E-state index is 14.6. The summed E-state index contributed by atoms with van der Waals surface area (Å²) in [5.74, 6) is -1.74. The van der Waals surface area contributed by atoms with Gasteiger partial charge in [-0.1, -0.05) is 13.0 Å². The van der Waals surface area contributed by atoms with Crippen LogP contribution in [0.5, 0.6) is 0 Å². The van der Waals surface area contributed by atoms with E-state index in [4.69, 9.17) is 0 Å². The van der Waals surface area contributed by atoms with Crippen molar-refractivity contribution in [2.45, 2.75) is 36.5 Å². The lowest BCUT2D eigenvalue weighted by atomic mass is 9.90. The summed E-state index contributed by atoms with van der Waals surface area (Å²) in [6.45, 7) is 3.31. The number of aromatic nitrogens is 4. The van der Waals surface area contributed by atoms with Crippen LogP contribution in [-0.4, -0.2) is 41.1 Å². The molecular weight excluding hydrogens is 398 g/mol. The predicted molar refractivity (Wildman–Crippen MR) is 105 cm³/mol. The molecule has 1 N–H and O–H groups in total. The second-order valence-electron chi connectivity index (χ2n) is 6.66. The monoisotopic (exact) mass is 418 g/mol. The summed E-state index contributed by atoms with van der Waals surface area (Å²) in [5.41, 5.74) is -1.33. The zero-order chi connectivity index (χ0) is 21.0. The Morgan fingerprint density at radius 2 is 1.93 bits per heavy atom. The van der Waals surface area contributed by atoms with E-state index in [1.807, 2.05) is 0 Å². The van der Waals surface area contributed by atoms with Gasteiger partial charge >= 0.3 is 0 Å². The Balaban J connectivity index is 1.89. The summed E-state index contributed by atoms with van der Waals surface area (Å²) in [4.78, 5) is 20.4. The molecule has 3 aromatic rings. The molecule has 0 aliphatic carbocycles. The van der Waals surface area contributed by atoms with Crippen molar-refractivity contribution >= 4 is 17.5 Å². The van der Waals surface area contributed by atoms with E-state index in [-0.39, 0.29) is 17.9 Å². The van der Waals surface area contributed by atoms with Crippen molar-refractivity contribution < 1.29 is 18.7 Å². The lowest BCUT2D eigenvalue weighted by Gasteiger charge is -2.35. The van der Waals surface area contributed by atoms with Gasteiger partial charge in [-0.3, -0.25) is 9.78 Å². The molecule has 1 aromatic carbocycles. The molecule has 0 fully saturated rings. The van der Waals surface area contributed by atoms with Crippen molar-refractivity contribution in [3.63, 3.8) is 0 Å². The van der Waals surface area contributed by atoms with Gasteiger partial charge in [0.1, 0.15) is 29.9 Å². The second kappa shape index (κ2) is 8.79. The molecule has 3 atom stereocenters. The number of ketones is 1. The Labute approximate surface area is 171 Å². The van der Waals surface area contributed by atoms with E-state index in [0.29, 0.717) is 5.56 Å². The number of aliphatic hydroxyl groups is 1. The molecule has 0 spiro atoms. The van der Waals surface area contributed by atoms with Crippen molar-refractivity contribution in [1.29, 1.82) is 0 Å². The highest BCUT2D eigenvalue weighted by Gasteiger charge is 2.41. The quantitative estimate of drug-likeness (QED) is 0.566. The van der Waals surface area contributed by atoms with Crippen LogP contribution in [-0.2, 0) is 12.1 Å². The first-order valence-electron chi connectivity index (χ1n) is 8.91. The van der Waals surface area contributed by atoms with Crippen LogP contribution in [0.25, 0.3) is 0 Å². The molecule has 0 aliphatic heterocycles. The van der Waals surface area contributed by atoms with Crippen LogP contribution >= 0.6 is 11.8 Å². The minimum absolute atomic E-state index is 0.0713. The molecule has 152 valence electrons. The van der Waals surface area contributed by atoms with E-state index in [1.54, 1.807) is 26.0 Å². The van der Waals surface area contributed by atoms with Gasteiger partial charge in [-0.2, -0.15) is 5.10 Å². The highest BCUT2D eigenvalue weighted by atomic mass is 32.2. The number of pyridine rings is 1. The predicted octanol–water partition coefficient (Wildman–Crippen LogP) is 3.23. The summed E-state index contributed by atoms with van der Waals surface area (Å²) in [6, 6.07) is 6.27. The first-order valence-corrected chi connectivity index (χ1v) is 9.85. The summed E-state index contributed by atoms with van der Waals surface area (Å²) in [6.07, 6.45) is 5.76. The van der Waals surface area contributed by atoms with E-state index < -0.39 is 27.7 Å². The van der Waals surface area contributed by atoms with Crippen molar-refractivity contribution in [1.82, 2.24) is 19.7 Å². The van der Waals surface area contributed by atoms with Gasteiger partial charge in [-0.05, 0) is 25.1 Å². The fourth-order valence-corrected chi connectivity index (χ4v) is 4.36. The maximum Gasteiger partial charge on any atom is 0.175 e. The summed E-state index contributed by atoms with van der Waals surface area (Å²) >= 11 is 1.20. The number of thioether (sulfide) groups is 1. The van der Waals surface area contributed by atoms with Gasteiger partial charge in [0.15, 0.2) is 5.78 Å².